The molecule has 1 atom stereocenters. The van der Waals surface area contributed by atoms with E-state index in [1.165, 1.54) is 0 Å². The Morgan fingerprint density at radius 2 is 1.88 bits per heavy atom. The van der Waals surface area contributed by atoms with Crippen LogP contribution in [-0.4, -0.2) is 36.3 Å². The summed E-state index contributed by atoms with van der Waals surface area (Å²) in [5.74, 6) is 1.04. The van der Waals surface area contributed by atoms with E-state index in [-0.39, 0.29) is 17.8 Å². The smallest absolute Gasteiger partial charge is 0.278 e. The second-order valence-corrected chi connectivity index (χ2v) is 4.48. The van der Waals surface area contributed by atoms with Gasteiger partial charge in [0.25, 0.3) is 11.8 Å². The normalized spacial score (nSPS) is 27.1. The van der Waals surface area contributed by atoms with Crippen LogP contribution in [0.15, 0.2) is 12.4 Å². The second kappa shape index (κ2) is 5.06. The molecule has 3 rings (SSSR count). The standard InChI is InChI=1S/C11H15N3O2.ClH/c1-3-12-7-11(1)2-6-15-9-10(16-8-11)14-5-4-13-9;/h4-5,12H,1-3,6-8H2;1H. The molecule has 5 nitrogen and oxygen atoms in total. The van der Waals surface area contributed by atoms with Crippen LogP contribution in [0.25, 0.3) is 0 Å². The van der Waals surface area contributed by atoms with E-state index in [2.05, 4.69) is 15.3 Å². The van der Waals surface area contributed by atoms with Crippen molar-refractivity contribution in [2.45, 2.75) is 12.8 Å². The third-order valence-corrected chi connectivity index (χ3v) is 3.35. The van der Waals surface area contributed by atoms with Crippen molar-refractivity contribution >= 4 is 12.4 Å². The van der Waals surface area contributed by atoms with Crippen LogP contribution in [-0.2, 0) is 0 Å². The maximum atomic E-state index is 5.73. The largest absolute Gasteiger partial charge is 0.474 e. The minimum Gasteiger partial charge on any atom is -0.474 e. The molecule has 3 heterocycles. The SMILES string of the molecule is Cl.c1cnc2c(n1)OCCC1(CCNC1)CO2. The monoisotopic (exact) mass is 257 g/mol. The van der Waals surface area contributed by atoms with Gasteiger partial charge < -0.3 is 14.8 Å². The van der Waals surface area contributed by atoms with Gasteiger partial charge in [-0.1, -0.05) is 0 Å². The predicted molar refractivity (Wildman–Crippen MR) is 64.8 cm³/mol. The van der Waals surface area contributed by atoms with Gasteiger partial charge in [0.1, 0.15) is 0 Å². The summed E-state index contributed by atoms with van der Waals surface area (Å²) in [7, 11) is 0. The Balaban J connectivity index is 0.00000108. The molecule has 0 saturated carbocycles. The van der Waals surface area contributed by atoms with Crippen LogP contribution < -0.4 is 14.8 Å². The van der Waals surface area contributed by atoms with Gasteiger partial charge in [0.05, 0.1) is 13.2 Å². The van der Waals surface area contributed by atoms with Crippen molar-refractivity contribution in [3.05, 3.63) is 12.4 Å². The fraction of sp³-hybridized carbons (Fsp3) is 0.636. The Kier molecular flexibility index (Phi) is 3.69. The molecule has 1 fully saturated rings. The number of nitrogens with one attached hydrogen (secondary N) is 1. The van der Waals surface area contributed by atoms with Crippen molar-refractivity contribution < 1.29 is 9.47 Å². The number of nitrogens with zero attached hydrogens (tertiary/aromatic N) is 2. The first kappa shape index (κ1) is 12.4. The van der Waals surface area contributed by atoms with Crippen LogP contribution in [0.4, 0.5) is 0 Å². The molecule has 0 radical (unpaired) electrons. The summed E-state index contributed by atoms with van der Waals surface area (Å²) >= 11 is 0. The summed E-state index contributed by atoms with van der Waals surface area (Å²) in [5.41, 5.74) is 0.217. The van der Waals surface area contributed by atoms with Crippen molar-refractivity contribution in [2.24, 2.45) is 5.41 Å². The predicted octanol–water partition coefficient (Wildman–Crippen LogP) is 1.04. The van der Waals surface area contributed by atoms with Crippen LogP contribution in [0.1, 0.15) is 12.8 Å². The van der Waals surface area contributed by atoms with Gasteiger partial charge in [-0.15, -0.1) is 12.4 Å². The first-order valence-electron chi connectivity index (χ1n) is 5.65. The number of hydrogen-bond acceptors (Lipinski definition) is 5. The van der Waals surface area contributed by atoms with Gasteiger partial charge in [-0.3, -0.25) is 0 Å². The molecular weight excluding hydrogens is 242 g/mol. The average molecular weight is 258 g/mol. The Hall–Kier alpha value is -1.07. The molecule has 6 heteroatoms. The fourth-order valence-electron chi connectivity index (χ4n) is 2.30. The van der Waals surface area contributed by atoms with E-state index in [1.54, 1.807) is 12.4 Å². The number of fused-ring (bicyclic) bond motifs is 1. The minimum absolute atomic E-state index is 0. The van der Waals surface area contributed by atoms with Crippen molar-refractivity contribution in [3.63, 3.8) is 0 Å². The van der Waals surface area contributed by atoms with Crippen molar-refractivity contribution in [1.82, 2.24) is 15.3 Å². The Bertz CT molecular complexity index is 383. The molecule has 1 saturated heterocycles. The summed E-state index contributed by atoms with van der Waals surface area (Å²) in [6, 6.07) is 0. The highest BCUT2D eigenvalue weighted by atomic mass is 35.5. The zero-order valence-electron chi connectivity index (χ0n) is 9.52. The summed E-state index contributed by atoms with van der Waals surface area (Å²) < 4.78 is 11.3. The molecule has 1 spiro atoms. The maximum Gasteiger partial charge on any atom is 0.278 e. The molecule has 2 aliphatic heterocycles. The van der Waals surface area contributed by atoms with E-state index >= 15 is 0 Å². The quantitative estimate of drug-likeness (QED) is 0.753. The molecule has 1 N–H and O–H groups in total. The Labute approximate surface area is 106 Å². The topological polar surface area (TPSA) is 56.3 Å². The molecule has 94 valence electrons. The lowest BCUT2D eigenvalue weighted by Gasteiger charge is -2.29. The zero-order valence-corrected chi connectivity index (χ0v) is 10.3. The van der Waals surface area contributed by atoms with Crippen molar-refractivity contribution in [1.29, 1.82) is 0 Å². The van der Waals surface area contributed by atoms with E-state index in [4.69, 9.17) is 9.47 Å². The lowest BCUT2D eigenvalue weighted by molar-refractivity contribution is 0.0976. The van der Waals surface area contributed by atoms with E-state index in [0.717, 1.165) is 25.9 Å². The van der Waals surface area contributed by atoms with Crippen molar-refractivity contribution in [2.75, 3.05) is 26.3 Å². The van der Waals surface area contributed by atoms with Crippen LogP contribution in [0.2, 0.25) is 0 Å². The van der Waals surface area contributed by atoms with Crippen LogP contribution in [0, 0.1) is 5.41 Å². The molecule has 2 aliphatic rings. The fourth-order valence-corrected chi connectivity index (χ4v) is 2.30. The first-order chi connectivity index (χ1) is 7.88. The summed E-state index contributed by atoms with van der Waals surface area (Å²) in [6.07, 6.45) is 5.40. The lowest BCUT2D eigenvalue weighted by Crippen LogP contribution is -2.34. The van der Waals surface area contributed by atoms with E-state index in [1.807, 2.05) is 0 Å². The number of rotatable bonds is 0. The highest BCUT2D eigenvalue weighted by Gasteiger charge is 2.36. The van der Waals surface area contributed by atoms with Gasteiger partial charge >= 0.3 is 0 Å². The molecule has 17 heavy (non-hydrogen) atoms. The minimum atomic E-state index is 0. The van der Waals surface area contributed by atoms with E-state index < -0.39 is 0 Å². The Morgan fingerprint density at radius 3 is 2.59 bits per heavy atom. The molecule has 1 aromatic heterocycles. The average Bonchev–Trinajstić information content (AvgIpc) is 2.75. The molecule has 1 unspecified atom stereocenters. The first-order valence-corrected chi connectivity index (χ1v) is 5.65. The highest BCUT2D eigenvalue weighted by Crippen LogP contribution is 2.34. The van der Waals surface area contributed by atoms with Gasteiger partial charge in [-0.2, -0.15) is 0 Å². The van der Waals surface area contributed by atoms with E-state index in [0.29, 0.717) is 25.0 Å². The molecule has 0 aromatic carbocycles. The molecule has 0 aliphatic carbocycles. The molecule has 1 aromatic rings. The Morgan fingerprint density at radius 1 is 1.12 bits per heavy atom. The summed E-state index contributed by atoms with van der Waals surface area (Å²) in [4.78, 5) is 8.26. The van der Waals surface area contributed by atoms with E-state index in [9.17, 15) is 0 Å². The third kappa shape index (κ3) is 2.45. The second-order valence-electron chi connectivity index (χ2n) is 4.48. The van der Waals surface area contributed by atoms with Crippen molar-refractivity contribution in [3.8, 4) is 11.8 Å². The molecule has 0 bridgehead atoms. The van der Waals surface area contributed by atoms with Crippen LogP contribution in [0.5, 0.6) is 11.8 Å². The number of ether oxygens (including phenoxy) is 2. The van der Waals surface area contributed by atoms with Gasteiger partial charge in [-0.25, -0.2) is 9.97 Å². The summed E-state index contributed by atoms with van der Waals surface area (Å²) in [6.45, 7) is 3.47. The van der Waals surface area contributed by atoms with Gasteiger partial charge in [-0.05, 0) is 19.4 Å². The summed E-state index contributed by atoms with van der Waals surface area (Å²) in [5, 5.41) is 3.38. The van der Waals surface area contributed by atoms with Gasteiger partial charge in [0.15, 0.2) is 0 Å². The zero-order chi connectivity index (χ0) is 10.8. The van der Waals surface area contributed by atoms with Gasteiger partial charge in [0.2, 0.25) is 0 Å². The number of aromatic nitrogens is 2. The lowest BCUT2D eigenvalue weighted by atomic mass is 9.85. The number of hydrogen-bond donors (Lipinski definition) is 1. The molecule has 0 amide bonds. The van der Waals surface area contributed by atoms with Crippen LogP contribution >= 0.6 is 12.4 Å². The third-order valence-electron chi connectivity index (χ3n) is 3.35. The maximum absolute atomic E-state index is 5.73. The van der Waals surface area contributed by atoms with Crippen LogP contribution in [0.3, 0.4) is 0 Å². The van der Waals surface area contributed by atoms with Gasteiger partial charge in [0, 0.05) is 24.4 Å². The highest BCUT2D eigenvalue weighted by molar-refractivity contribution is 5.85. The number of halogens is 1. The molecular formula is C11H16ClN3O2.